The summed E-state index contributed by atoms with van der Waals surface area (Å²) < 4.78 is 0. The van der Waals surface area contributed by atoms with Gasteiger partial charge in [0.25, 0.3) is 11.8 Å². The maximum Gasteiger partial charge on any atom is 0.286 e. The number of amides is 3. The van der Waals surface area contributed by atoms with E-state index in [2.05, 4.69) is 25.7 Å². The van der Waals surface area contributed by atoms with Crippen LogP contribution in [0.25, 0.3) is 0 Å². The van der Waals surface area contributed by atoms with E-state index in [1.165, 1.54) is 12.8 Å². The fraction of sp³-hybridized carbons (Fsp3) is 0.522. The molecule has 0 saturated carbocycles. The lowest BCUT2D eigenvalue weighted by Crippen LogP contribution is -2.46. The summed E-state index contributed by atoms with van der Waals surface area (Å²) in [6, 6.07) is 7.43. The Bertz CT molecular complexity index is 986. The number of likely N-dealkylation sites (tertiary alicyclic amines) is 2. The lowest BCUT2D eigenvalue weighted by Gasteiger charge is -2.31. The van der Waals surface area contributed by atoms with Crippen LogP contribution in [0, 0.1) is 12.8 Å². The number of nitrogens with one attached hydrogen (secondary N) is 2. The van der Waals surface area contributed by atoms with Crippen LogP contribution in [0.3, 0.4) is 0 Å². The van der Waals surface area contributed by atoms with Crippen LogP contribution in [0.1, 0.15) is 50.9 Å². The van der Waals surface area contributed by atoms with Gasteiger partial charge in [-0.25, -0.2) is 0 Å². The Hall–Kier alpha value is -2.85. The molecule has 1 atom stereocenters. The van der Waals surface area contributed by atoms with Crippen molar-refractivity contribution in [3.63, 3.8) is 0 Å². The molecule has 0 bridgehead atoms. The average molecular weight is 471 g/mol. The van der Waals surface area contributed by atoms with Crippen LogP contribution >= 0.6 is 11.3 Å². The first-order chi connectivity index (χ1) is 16.0. The Morgan fingerprint density at radius 3 is 2.52 bits per heavy atom. The highest BCUT2D eigenvalue weighted by Crippen LogP contribution is 2.21. The number of rotatable bonds is 7. The van der Waals surface area contributed by atoms with Crippen LogP contribution in [0.15, 0.2) is 24.3 Å². The summed E-state index contributed by atoms with van der Waals surface area (Å²) in [5.74, 6) is -0.901. The first-order valence-corrected chi connectivity index (χ1v) is 12.3. The van der Waals surface area contributed by atoms with E-state index < -0.39 is 5.91 Å². The molecular weight excluding hydrogens is 440 g/mol. The van der Waals surface area contributed by atoms with Crippen molar-refractivity contribution in [2.24, 2.45) is 5.92 Å². The standard InChI is InChI=1S/C23H30N6O3S/c1-16-6-8-18(9-7-16)25-20(31)21-26-27-22(33-21)23(32)29-13-4-5-17(15-29)19(30)24-10-14-28-11-2-3-12-28/h6-9,17H,2-5,10-15H2,1H3,(H,24,30)(H,25,31)/t17-/m1/s1. The van der Waals surface area contributed by atoms with Crippen molar-refractivity contribution in [2.45, 2.75) is 32.6 Å². The van der Waals surface area contributed by atoms with Crippen molar-refractivity contribution in [3.05, 3.63) is 39.8 Å². The number of aromatic nitrogens is 2. The molecule has 3 heterocycles. The number of carbonyl (C=O) groups excluding carboxylic acids is 3. The molecule has 3 amide bonds. The minimum atomic E-state index is -0.399. The summed E-state index contributed by atoms with van der Waals surface area (Å²) in [6.45, 7) is 6.62. The molecule has 0 radical (unpaired) electrons. The van der Waals surface area contributed by atoms with Crippen LogP contribution in [0.5, 0.6) is 0 Å². The van der Waals surface area contributed by atoms with E-state index in [9.17, 15) is 14.4 Å². The Kier molecular flexibility index (Phi) is 7.66. The van der Waals surface area contributed by atoms with Crippen molar-refractivity contribution >= 4 is 34.7 Å². The van der Waals surface area contributed by atoms with Gasteiger partial charge in [-0.15, -0.1) is 10.2 Å². The lowest BCUT2D eigenvalue weighted by atomic mass is 9.97. The van der Waals surface area contributed by atoms with E-state index in [1.54, 1.807) is 4.90 Å². The number of carbonyl (C=O) groups is 3. The maximum absolute atomic E-state index is 13.0. The minimum Gasteiger partial charge on any atom is -0.355 e. The van der Waals surface area contributed by atoms with E-state index in [0.29, 0.717) is 25.3 Å². The van der Waals surface area contributed by atoms with Crippen LogP contribution in [0.2, 0.25) is 0 Å². The van der Waals surface area contributed by atoms with Crippen molar-refractivity contribution in [1.82, 2.24) is 25.3 Å². The third-order valence-corrected chi connectivity index (χ3v) is 7.03. The van der Waals surface area contributed by atoms with Gasteiger partial charge in [0, 0.05) is 31.9 Å². The quantitative estimate of drug-likeness (QED) is 0.642. The molecule has 1 aromatic heterocycles. The van der Waals surface area contributed by atoms with E-state index >= 15 is 0 Å². The first-order valence-electron chi connectivity index (χ1n) is 11.5. The van der Waals surface area contributed by atoms with Crippen molar-refractivity contribution in [2.75, 3.05) is 44.6 Å². The number of benzene rings is 1. The van der Waals surface area contributed by atoms with Crippen LogP contribution < -0.4 is 10.6 Å². The van der Waals surface area contributed by atoms with E-state index in [4.69, 9.17) is 0 Å². The van der Waals surface area contributed by atoms with Gasteiger partial charge < -0.3 is 20.4 Å². The van der Waals surface area contributed by atoms with Gasteiger partial charge in [-0.3, -0.25) is 14.4 Å². The summed E-state index contributed by atoms with van der Waals surface area (Å²) in [6.07, 6.45) is 3.98. The van der Waals surface area contributed by atoms with Crippen molar-refractivity contribution in [1.29, 1.82) is 0 Å². The molecule has 0 aliphatic carbocycles. The van der Waals surface area contributed by atoms with E-state index in [0.717, 1.165) is 49.4 Å². The molecule has 0 unspecified atom stereocenters. The second-order valence-electron chi connectivity index (χ2n) is 8.66. The molecule has 10 heteroatoms. The lowest BCUT2D eigenvalue weighted by molar-refractivity contribution is -0.126. The largest absolute Gasteiger partial charge is 0.355 e. The third kappa shape index (κ3) is 6.14. The highest BCUT2D eigenvalue weighted by Gasteiger charge is 2.31. The van der Waals surface area contributed by atoms with Gasteiger partial charge in [0.05, 0.1) is 5.92 Å². The van der Waals surface area contributed by atoms with Gasteiger partial charge in [0.1, 0.15) is 0 Å². The molecule has 2 N–H and O–H groups in total. The van der Waals surface area contributed by atoms with Crippen LogP contribution in [-0.2, 0) is 4.79 Å². The number of aryl methyl sites for hydroxylation is 1. The molecule has 9 nitrogen and oxygen atoms in total. The van der Waals surface area contributed by atoms with E-state index in [1.807, 2.05) is 31.2 Å². The maximum atomic E-state index is 13.0. The third-order valence-electron chi connectivity index (χ3n) is 6.12. The molecule has 4 rings (SSSR count). The van der Waals surface area contributed by atoms with Gasteiger partial charge >= 0.3 is 0 Å². The Morgan fingerprint density at radius 1 is 1.03 bits per heavy atom. The van der Waals surface area contributed by atoms with Gasteiger partial charge in [-0.2, -0.15) is 0 Å². The van der Waals surface area contributed by atoms with Gasteiger partial charge in [0.2, 0.25) is 15.9 Å². The number of nitrogens with zero attached hydrogens (tertiary/aromatic N) is 4. The summed E-state index contributed by atoms with van der Waals surface area (Å²) in [5.41, 5.74) is 1.75. The van der Waals surface area contributed by atoms with Gasteiger partial charge in [0.15, 0.2) is 0 Å². The first kappa shape index (κ1) is 23.3. The highest BCUT2D eigenvalue weighted by atomic mass is 32.1. The second-order valence-corrected chi connectivity index (χ2v) is 9.64. The zero-order valence-electron chi connectivity index (χ0n) is 18.9. The zero-order chi connectivity index (χ0) is 23.2. The fourth-order valence-corrected chi connectivity index (χ4v) is 4.93. The molecular formula is C23H30N6O3S. The molecule has 0 spiro atoms. The number of piperidine rings is 1. The Morgan fingerprint density at radius 2 is 1.76 bits per heavy atom. The summed E-state index contributed by atoms with van der Waals surface area (Å²) in [4.78, 5) is 42.0. The fourth-order valence-electron chi connectivity index (χ4n) is 4.22. The Labute approximate surface area is 197 Å². The molecule has 2 aliphatic heterocycles. The summed E-state index contributed by atoms with van der Waals surface area (Å²) in [7, 11) is 0. The molecule has 33 heavy (non-hydrogen) atoms. The van der Waals surface area contributed by atoms with Crippen LogP contribution in [0.4, 0.5) is 5.69 Å². The molecule has 176 valence electrons. The Balaban J connectivity index is 1.29. The van der Waals surface area contributed by atoms with Gasteiger partial charge in [-0.1, -0.05) is 29.0 Å². The number of anilines is 1. The van der Waals surface area contributed by atoms with Crippen molar-refractivity contribution in [3.8, 4) is 0 Å². The average Bonchev–Trinajstić information content (AvgIpc) is 3.53. The molecule has 2 saturated heterocycles. The summed E-state index contributed by atoms with van der Waals surface area (Å²) in [5, 5.41) is 13.9. The van der Waals surface area contributed by atoms with E-state index in [-0.39, 0.29) is 27.7 Å². The van der Waals surface area contributed by atoms with Crippen molar-refractivity contribution < 1.29 is 14.4 Å². The molecule has 2 aromatic rings. The molecule has 1 aromatic carbocycles. The minimum absolute atomic E-state index is 0.00197. The molecule has 2 fully saturated rings. The SMILES string of the molecule is Cc1ccc(NC(=O)c2nnc(C(=O)N3CCC[C@@H](C(=O)NCCN4CCCC4)C3)s2)cc1. The summed E-state index contributed by atoms with van der Waals surface area (Å²) >= 11 is 0.971. The normalized spacial score (nSPS) is 18.8. The smallest absolute Gasteiger partial charge is 0.286 e. The second kappa shape index (κ2) is 10.8. The predicted octanol–water partition coefficient (Wildman–Crippen LogP) is 2.16. The predicted molar refractivity (Wildman–Crippen MR) is 126 cm³/mol. The topological polar surface area (TPSA) is 108 Å². The number of hydrogen-bond acceptors (Lipinski definition) is 7. The highest BCUT2D eigenvalue weighted by molar-refractivity contribution is 7.15. The van der Waals surface area contributed by atoms with Gasteiger partial charge in [-0.05, 0) is 57.8 Å². The monoisotopic (exact) mass is 470 g/mol. The molecule has 2 aliphatic rings. The zero-order valence-corrected chi connectivity index (χ0v) is 19.7. The number of hydrogen-bond donors (Lipinski definition) is 2. The van der Waals surface area contributed by atoms with Crippen LogP contribution in [-0.4, -0.2) is 77.0 Å².